The highest BCUT2D eigenvalue weighted by Gasteiger charge is 2.45. The van der Waals surface area contributed by atoms with Gasteiger partial charge >= 0.3 is 11.9 Å². The van der Waals surface area contributed by atoms with Crippen LogP contribution in [0.3, 0.4) is 0 Å². The molecule has 2 aromatic carbocycles. The van der Waals surface area contributed by atoms with Gasteiger partial charge in [0.25, 0.3) is 0 Å². The highest BCUT2D eigenvalue weighted by Crippen LogP contribution is 2.47. The molecule has 1 aliphatic rings. The number of benzene rings is 2. The molecular weight excluding hydrogens is 520 g/mol. The van der Waals surface area contributed by atoms with Crippen molar-refractivity contribution < 1.29 is 64.3 Å². The number of carboxylic acid groups (broad SMARTS) is 2. The Morgan fingerprint density at radius 1 is 0.821 bits per heavy atom. The van der Waals surface area contributed by atoms with E-state index in [0.29, 0.717) is 11.1 Å². The smallest absolute Gasteiger partial charge is 0.303 e. The van der Waals surface area contributed by atoms with Gasteiger partial charge in [-0.3, -0.25) is 9.59 Å². The number of hydrogen-bond acceptors (Lipinski definition) is 11. The van der Waals surface area contributed by atoms with Gasteiger partial charge in [-0.2, -0.15) is 0 Å². The quantitative estimate of drug-likeness (QED) is 0.189. The predicted octanol–water partition coefficient (Wildman–Crippen LogP) is 0.289. The molecule has 5 atom stereocenters. The van der Waals surface area contributed by atoms with Crippen LogP contribution in [0.4, 0.5) is 0 Å². The van der Waals surface area contributed by atoms with Crippen molar-refractivity contribution in [2.75, 3.05) is 20.8 Å². The average molecular weight is 553 g/mol. The van der Waals surface area contributed by atoms with E-state index < -0.39 is 49.3 Å². The highest BCUT2D eigenvalue weighted by molar-refractivity contribution is 5.82. The Bertz CT molecular complexity index is 1180. The summed E-state index contributed by atoms with van der Waals surface area (Å²) >= 11 is 0. The molecule has 0 amide bonds. The third-order valence-corrected chi connectivity index (χ3v) is 6.32. The van der Waals surface area contributed by atoms with Crippen LogP contribution in [0.25, 0.3) is 11.1 Å². The van der Waals surface area contributed by atoms with Gasteiger partial charge in [-0.25, -0.2) is 0 Å². The van der Waals surface area contributed by atoms with Crippen LogP contribution in [0.1, 0.15) is 24.0 Å². The zero-order valence-corrected chi connectivity index (χ0v) is 21.3. The van der Waals surface area contributed by atoms with Crippen molar-refractivity contribution in [1.82, 2.24) is 0 Å². The van der Waals surface area contributed by atoms with Crippen molar-refractivity contribution in [3.8, 4) is 34.1 Å². The number of aliphatic hydroxyl groups excluding tert-OH is 4. The number of phenolic OH excluding ortho intramolecular Hbond substituents is 1. The van der Waals surface area contributed by atoms with Crippen molar-refractivity contribution in [3.63, 3.8) is 0 Å². The molecule has 214 valence electrons. The molecule has 13 nitrogen and oxygen atoms in total. The number of rotatable bonds is 12. The molecule has 1 heterocycles. The Labute approximate surface area is 223 Å². The van der Waals surface area contributed by atoms with Gasteiger partial charge in [0.15, 0.2) is 23.0 Å². The van der Waals surface area contributed by atoms with Crippen LogP contribution >= 0.6 is 0 Å². The first-order chi connectivity index (χ1) is 18.5. The summed E-state index contributed by atoms with van der Waals surface area (Å²) in [4.78, 5) is 22.4. The predicted molar refractivity (Wildman–Crippen MR) is 133 cm³/mol. The molecule has 5 unspecified atom stereocenters. The van der Waals surface area contributed by atoms with E-state index in [9.17, 15) is 35.1 Å². The lowest BCUT2D eigenvalue weighted by Gasteiger charge is -2.40. The minimum absolute atomic E-state index is 0.0292. The van der Waals surface area contributed by atoms with Gasteiger partial charge in [0.2, 0.25) is 6.29 Å². The minimum Gasteiger partial charge on any atom is -0.504 e. The van der Waals surface area contributed by atoms with Gasteiger partial charge in [0.1, 0.15) is 24.4 Å². The van der Waals surface area contributed by atoms with Crippen LogP contribution in [0.2, 0.25) is 0 Å². The van der Waals surface area contributed by atoms with Gasteiger partial charge in [0, 0.05) is 24.0 Å². The van der Waals surface area contributed by atoms with Crippen LogP contribution in [-0.4, -0.2) is 99.2 Å². The molecule has 0 saturated carbocycles. The summed E-state index contributed by atoms with van der Waals surface area (Å²) in [7, 11) is 2.62. The number of methoxy groups -OCH3 is 2. The third-order valence-electron chi connectivity index (χ3n) is 6.32. The van der Waals surface area contributed by atoms with E-state index in [1.165, 1.54) is 38.5 Å². The second-order valence-electron chi connectivity index (χ2n) is 8.97. The van der Waals surface area contributed by atoms with Gasteiger partial charge in [-0.15, -0.1) is 0 Å². The summed E-state index contributed by atoms with van der Waals surface area (Å²) < 4.78 is 22.2. The van der Waals surface area contributed by atoms with Crippen LogP contribution < -0.4 is 14.2 Å². The number of hydrogen-bond donors (Lipinski definition) is 7. The number of aliphatic carboxylic acids is 2. The molecule has 13 heteroatoms. The Morgan fingerprint density at radius 3 is 1.87 bits per heavy atom. The first kappa shape index (κ1) is 29.9. The summed E-state index contributed by atoms with van der Waals surface area (Å²) in [5, 5.41) is 69.7. The van der Waals surface area contributed by atoms with Gasteiger partial charge in [0.05, 0.1) is 20.8 Å². The lowest BCUT2D eigenvalue weighted by molar-refractivity contribution is -0.277. The number of phenols is 1. The van der Waals surface area contributed by atoms with Crippen LogP contribution in [0.5, 0.6) is 23.0 Å². The van der Waals surface area contributed by atoms with E-state index in [1.807, 2.05) is 0 Å². The van der Waals surface area contributed by atoms with E-state index in [2.05, 4.69) is 0 Å². The fraction of sp³-hybridized carbons (Fsp3) is 0.462. The van der Waals surface area contributed by atoms with Gasteiger partial charge in [-0.1, -0.05) is 0 Å². The molecule has 0 bridgehead atoms. The molecule has 0 radical (unpaired) electrons. The fourth-order valence-electron chi connectivity index (χ4n) is 4.23. The SMILES string of the molecule is COc1cc(CCC(=O)O)cc(-c2cc(CCC(=O)O)cc(OC)c2OC2OC(CO)C(O)C(O)C2O)c1O. The summed E-state index contributed by atoms with van der Waals surface area (Å²) in [6.07, 6.45) is -8.21. The van der Waals surface area contributed by atoms with E-state index in [-0.39, 0.29) is 59.8 Å². The molecule has 0 aliphatic carbocycles. The summed E-state index contributed by atoms with van der Waals surface area (Å²) in [5.74, 6) is -2.42. The van der Waals surface area contributed by atoms with Crippen molar-refractivity contribution in [1.29, 1.82) is 0 Å². The van der Waals surface area contributed by atoms with Crippen LogP contribution in [-0.2, 0) is 27.2 Å². The number of aromatic hydroxyl groups is 1. The summed E-state index contributed by atoms with van der Waals surface area (Å²) in [5.41, 5.74) is 1.25. The topological polar surface area (TPSA) is 213 Å². The standard InChI is InChI=1S/C26H32O13/c1-36-16-9-12(3-5-19(28)29)7-14(21(16)32)15-8-13(4-6-20(30)31)10-17(37-2)25(15)39-26-24(35)23(34)22(33)18(11-27)38-26/h7-10,18,22-24,26-27,32-35H,3-6,11H2,1-2H3,(H,28,29)(H,30,31). The molecule has 1 fully saturated rings. The largest absolute Gasteiger partial charge is 0.504 e. The normalized spacial score (nSPS) is 22.8. The second-order valence-corrected chi connectivity index (χ2v) is 8.97. The molecule has 1 aliphatic heterocycles. The molecule has 2 aromatic rings. The fourth-order valence-corrected chi connectivity index (χ4v) is 4.23. The number of aryl methyl sites for hydroxylation is 2. The summed E-state index contributed by atoms with van der Waals surface area (Å²) in [6, 6.07) is 6.01. The monoisotopic (exact) mass is 552 g/mol. The Balaban J connectivity index is 2.19. The van der Waals surface area contributed by atoms with E-state index >= 15 is 0 Å². The molecule has 0 aromatic heterocycles. The molecule has 7 N–H and O–H groups in total. The Kier molecular flexibility index (Phi) is 9.94. The van der Waals surface area contributed by atoms with Crippen molar-refractivity contribution in [3.05, 3.63) is 35.4 Å². The van der Waals surface area contributed by atoms with Crippen LogP contribution in [0, 0.1) is 0 Å². The average Bonchev–Trinajstić information content (AvgIpc) is 2.91. The molecule has 1 saturated heterocycles. The number of aliphatic hydroxyl groups is 4. The van der Waals surface area contributed by atoms with E-state index in [1.54, 1.807) is 0 Å². The lowest BCUT2D eigenvalue weighted by atomic mass is 9.95. The van der Waals surface area contributed by atoms with Crippen molar-refractivity contribution >= 4 is 11.9 Å². The Hall–Kier alpha value is -3.62. The van der Waals surface area contributed by atoms with Crippen molar-refractivity contribution in [2.24, 2.45) is 0 Å². The second kappa shape index (κ2) is 13.0. The maximum atomic E-state index is 11.2. The summed E-state index contributed by atoms with van der Waals surface area (Å²) in [6.45, 7) is -0.688. The van der Waals surface area contributed by atoms with E-state index in [0.717, 1.165) is 0 Å². The zero-order valence-electron chi connectivity index (χ0n) is 21.3. The zero-order chi connectivity index (χ0) is 28.9. The molecule has 0 spiro atoms. The Morgan fingerprint density at radius 2 is 1.36 bits per heavy atom. The number of carboxylic acids is 2. The maximum absolute atomic E-state index is 11.2. The molecular formula is C26H32O13. The lowest BCUT2D eigenvalue weighted by Crippen LogP contribution is -2.60. The first-order valence-electron chi connectivity index (χ1n) is 12.0. The van der Waals surface area contributed by atoms with E-state index in [4.69, 9.17) is 29.2 Å². The van der Waals surface area contributed by atoms with Gasteiger partial charge in [-0.05, 0) is 48.2 Å². The van der Waals surface area contributed by atoms with Gasteiger partial charge < -0.3 is 54.7 Å². The maximum Gasteiger partial charge on any atom is 0.303 e. The molecule has 3 rings (SSSR count). The number of ether oxygens (including phenoxy) is 4. The number of carbonyl (C=O) groups is 2. The third kappa shape index (κ3) is 6.88. The first-order valence-corrected chi connectivity index (χ1v) is 12.0. The minimum atomic E-state index is -1.75. The van der Waals surface area contributed by atoms with Crippen LogP contribution in [0.15, 0.2) is 24.3 Å². The molecule has 39 heavy (non-hydrogen) atoms. The van der Waals surface area contributed by atoms with Crippen molar-refractivity contribution in [2.45, 2.75) is 56.4 Å². The highest BCUT2D eigenvalue weighted by atomic mass is 16.7.